The smallest absolute Gasteiger partial charge is 0.461 e. The van der Waals surface area contributed by atoms with Crippen LogP contribution in [0.4, 0.5) is 4.79 Å². The van der Waals surface area contributed by atoms with Crippen molar-refractivity contribution in [1.29, 1.82) is 0 Å². The van der Waals surface area contributed by atoms with Gasteiger partial charge in [0.15, 0.2) is 11.5 Å². The molecule has 10 heteroatoms. The number of carbonyl (C=O) groups is 4. The highest BCUT2D eigenvalue weighted by atomic mass is 16.7. The fourth-order valence-electron chi connectivity index (χ4n) is 4.22. The van der Waals surface area contributed by atoms with E-state index in [1.807, 2.05) is 41.5 Å². The molecule has 0 saturated heterocycles. The van der Waals surface area contributed by atoms with Crippen LogP contribution in [0.5, 0.6) is 11.5 Å². The van der Waals surface area contributed by atoms with Gasteiger partial charge in [-0.3, -0.25) is 14.4 Å². The maximum atomic E-state index is 12.6. The molecule has 0 aliphatic heterocycles. The molecule has 2 rings (SSSR count). The summed E-state index contributed by atoms with van der Waals surface area (Å²) >= 11 is 0. The Hall–Kier alpha value is -3.14. The number of nitrogens with two attached hydrogens (primary N) is 1. The van der Waals surface area contributed by atoms with Gasteiger partial charge in [-0.2, -0.15) is 0 Å². The summed E-state index contributed by atoms with van der Waals surface area (Å²) in [6.07, 6.45) is 3.59. The van der Waals surface area contributed by atoms with Crippen LogP contribution in [0.1, 0.15) is 99.0 Å². The van der Waals surface area contributed by atoms with Gasteiger partial charge in [-0.15, -0.1) is 0 Å². The molecule has 1 aromatic rings. The number of carbonyl (C=O) groups excluding carboxylic acids is 4. The molecule has 0 amide bonds. The van der Waals surface area contributed by atoms with Crippen molar-refractivity contribution < 1.29 is 42.9 Å². The summed E-state index contributed by atoms with van der Waals surface area (Å²) in [5.41, 5.74) is 6.06. The van der Waals surface area contributed by atoms with Crippen molar-refractivity contribution in [2.24, 2.45) is 16.6 Å². The van der Waals surface area contributed by atoms with Crippen molar-refractivity contribution in [2.75, 3.05) is 6.61 Å². The lowest BCUT2D eigenvalue weighted by Gasteiger charge is -2.22. The Labute approximate surface area is 243 Å². The van der Waals surface area contributed by atoms with E-state index in [2.05, 4.69) is 0 Å². The molecule has 0 aromatic heterocycles. The van der Waals surface area contributed by atoms with Crippen LogP contribution in [-0.4, -0.2) is 48.9 Å². The Morgan fingerprint density at radius 3 is 2.00 bits per heavy atom. The summed E-state index contributed by atoms with van der Waals surface area (Å²) in [5.74, 6) is -1.46. The molecule has 2 N–H and O–H groups in total. The van der Waals surface area contributed by atoms with Gasteiger partial charge in [0.1, 0.15) is 24.9 Å². The van der Waals surface area contributed by atoms with Crippen LogP contribution >= 0.6 is 0 Å². The molecular formula is C31H47NO9. The molecule has 0 heterocycles. The summed E-state index contributed by atoms with van der Waals surface area (Å²) in [4.78, 5) is 49.6. The van der Waals surface area contributed by atoms with Crippen LogP contribution in [0.2, 0.25) is 0 Å². The SMILES string of the molecule is C[C@@H](COC(=O)[C@@H](N)Cc1ccc(OC(=O)CC(C)(C)C)c(OC(=O)CC(C)(C)C)c1)OC(=O)OC1CCCCC1. The summed E-state index contributed by atoms with van der Waals surface area (Å²) in [6.45, 7) is 12.9. The predicted octanol–water partition coefficient (Wildman–Crippen LogP) is 5.66. The van der Waals surface area contributed by atoms with E-state index in [-0.39, 0.29) is 54.3 Å². The zero-order valence-corrected chi connectivity index (χ0v) is 25.6. The summed E-state index contributed by atoms with van der Waals surface area (Å²) in [6, 6.07) is 3.65. The van der Waals surface area contributed by atoms with Crippen LogP contribution in [0.3, 0.4) is 0 Å². The van der Waals surface area contributed by atoms with Gasteiger partial charge in [0.25, 0.3) is 0 Å². The number of rotatable bonds is 11. The summed E-state index contributed by atoms with van der Waals surface area (Å²) < 4.78 is 26.9. The lowest BCUT2D eigenvalue weighted by atomic mass is 9.92. The van der Waals surface area contributed by atoms with Gasteiger partial charge in [0.05, 0.1) is 12.8 Å². The second kappa shape index (κ2) is 15.2. The lowest BCUT2D eigenvalue weighted by Crippen LogP contribution is -2.36. The average Bonchev–Trinajstić information content (AvgIpc) is 2.82. The van der Waals surface area contributed by atoms with Crippen molar-refractivity contribution in [3.8, 4) is 11.5 Å². The van der Waals surface area contributed by atoms with Crippen molar-refractivity contribution in [3.05, 3.63) is 23.8 Å². The van der Waals surface area contributed by atoms with Crippen molar-refractivity contribution in [3.63, 3.8) is 0 Å². The highest BCUT2D eigenvalue weighted by Crippen LogP contribution is 2.32. The molecule has 1 aromatic carbocycles. The highest BCUT2D eigenvalue weighted by molar-refractivity contribution is 5.78. The Kier molecular flexibility index (Phi) is 12.6. The predicted molar refractivity (Wildman–Crippen MR) is 152 cm³/mol. The third kappa shape index (κ3) is 13.9. The number of ether oxygens (including phenoxy) is 5. The largest absolute Gasteiger partial charge is 0.508 e. The standard InChI is InChI=1S/C31H47NO9/c1-20(38-29(36)39-22-11-9-8-10-12-22)19-37-28(35)23(32)15-21-13-14-24(40-26(33)17-30(2,3)4)25(16-21)41-27(34)18-31(5,6)7/h13-14,16,20,22-23H,8-12,15,17-19,32H2,1-7H3/t20-,23-/m0/s1. The Morgan fingerprint density at radius 1 is 0.878 bits per heavy atom. The number of esters is 3. The van der Waals surface area contributed by atoms with E-state index in [1.54, 1.807) is 13.0 Å². The highest BCUT2D eigenvalue weighted by Gasteiger charge is 2.25. The second-order valence-electron chi connectivity index (χ2n) is 13.2. The minimum absolute atomic E-state index is 0.0673. The molecule has 1 fully saturated rings. The molecule has 2 atom stereocenters. The first-order valence-corrected chi connectivity index (χ1v) is 14.3. The molecule has 1 saturated carbocycles. The molecule has 1 aliphatic rings. The molecule has 0 spiro atoms. The van der Waals surface area contributed by atoms with Gasteiger partial charge >= 0.3 is 24.1 Å². The first-order valence-electron chi connectivity index (χ1n) is 14.3. The molecule has 1 aliphatic carbocycles. The van der Waals surface area contributed by atoms with E-state index < -0.39 is 36.2 Å². The van der Waals surface area contributed by atoms with E-state index in [0.29, 0.717) is 5.56 Å². The monoisotopic (exact) mass is 577 g/mol. The zero-order valence-electron chi connectivity index (χ0n) is 25.6. The van der Waals surface area contributed by atoms with Crippen molar-refractivity contribution in [1.82, 2.24) is 0 Å². The summed E-state index contributed by atoms with van der Waals surface area (Å²) in [7, 11) is 0. The number of hydrogen-bond donors (Lipinski definition) is 1. The first-order chi connectivity index (χ1) is 19.0. The van der Waals surface area contributed by atoms with Gasteiger partial charge in [-0.05, 0) is 67.6 Å². The van der Waals surface area contributed by atoms with Gasteiger partial charge in [-0.25, -0.2) is 4.79 Å². The Bertz CT molecular complexity index is 1050. The van der Waals surface area contributed by atoms with Crippen molar-refractivity contribution in [2.45, 2.75) is 118 Å². The fraction of sp³-hybridized carbons (Fsp3) is 0.677. The average molecular weight is 578 g/mol. The van der Waals surface area contributed by atoms with E-state index in [0.717, 1.165) is 32.1 Å². The molecule has 10 nitrogen and oxygen atoms in total. The molecule has 0 bridgehead atoms. The molecule has 230 valence electrons. The lowest BCUT2D eigenvalue weighted by molar-refractivity contribution is -0.148. The van der Waals surface area contributed by atoms with E-state index in [9.17, 15) is 19.2 Å². The molecule has 0 unspecified atom stereocenters. The van der Waals surface area contributed by atoms with E-state index >= 15 is 0 Å². The van der Waals surface area contributed by atoms with Crippen LogP contribution in [0.25, 0.3) is 0 Å². The van der Waals surface area contributed by atoms with Crippen molar-refractivity contribution >= 4 is 24.1 Å². The molecular weight excluding hydrogens is 530 g/mol. The van der Waals surface area contributed by atoms with Gasteiger partial charge in [0.2, 0.25) is 0 Å². The Balaban J connectivity index is 1.98. The minimum atomic E-state index is -1.04. The van der Waals surface area contributed by atoms with Gasteiger partial charge in [-0.1, -0.05) is 54.0 Å². The van der Waals surface area contributed by atoms with E-state index in [4.69, 9.17) is 29.4 Å². The van der Waals surface area contributed by atoms with Crippen LogP contribution in [0, 0.1) is 10.8 Å². The van der Waals surface area contributed by atoms with Gasteiger partial charge in [0, 0.05) is 0 Å². The third-order valence-corrected chi connectivity index (χ3v) is 6.14. The topological polar surface area (TPSA) is 140 Å². The maximum Gasteiger partial charge on any atom is 0.508 e. The van der Waals surface area contributed by atoms with Gasteiger partial charge < -0.3 is 29.4 Å². The quantitative estimate of drug-likeness (QED) is 0.259. The molecule has 41 heavy (non-hydrogen) atoms. The van der Waals surface area contributed by atoms with Crippen LogP contribution in [-0.2, 0) is 35.0 Å². The van der Waals surface area contributed by atoms with Crippen LogP contribution in [0.15, 0.2) is 18.2 Å². The first kappa shape index (κ1) is 34.1. The normalized spacial score (nSPS) is 15.8. The summed E-state index contributed by atoms with van der Waals surface area (Å²) in [5, 5.41) is 0. The maximum absolute atomic E-state index is 12.6. The second-order valence-corrected chi connectivity index (χ2v) is 13.2. The Morgan fingerprint density at radius 2 is 1.44 bits per heavy atom. The number of benzene rings is 1. The minimum Gasteiger partial charge on any atom is -0.461 e. The van der Waals surface area contributed by atoms with E-state index in [1.165, 1.54) is 12.1 Å². The number of hydrogen-bond acceptors (Lipinski definition) is 10. The molecule has 0 radical (unpaired) electrons. The van der Waals surface area contributed by atoms with Crippen LogP contribution < -0.4 is 15.2 Å². The fourth-order valence-corrected chi connectivity index (χ4v) is 4.22. The zero-order chi connectivity index (χ0) is 30.8. The third-order valence-electron chi connectivity index (χ3n) is 6.14.